The molecule has 0 radical (unpaired) electrons. The van der Waals surface area contributed by atoms with Gasteiger partial charge in [0.05, 0.1) is 11.7 Å². The molecule has 1 saturated heterocycles. The number of benzene rings is 2. The van der Waals surface area contributed by atoms with Crippen LogP contribution in [-0.2, 0) is 28.9 Å². The maximum absolute atomic E-state index is 15.0. The molecule has 262 valence electrons. The number of aliphatic imine (C=N–C) groups is 1. The lowest BCUT2D eigenvalue weighted by Crippen LogP contribution is -2.62. The van der Waals surface area contributed by atoms with E-state index in [1.165, 1.54) is 17.5 Å². The molecule has 2 unspecified atom stereocenters. The van der Waals surface area contributed by atoms with Crippen molar-refractivity contribution in [1.82, 2.24) is 19.7 Å². The quantitative estimate of drug-likeness (QED) is 0.220. The number of pyridine rings is 1. The summed E-state index contributed by atoms with van der Waals surface area (Å²) in [7, 11) is 0. The molecule has 50 heavy (non-hydrogen) atoms. The van der Waals surface area contributed by atoms with Crippen molar-refractivity contribution in [3.63, 3.8) is 0 Å². The monoisotopic (exact) mass is 757 g/mol. The van der Waals surface area contributed by atoms with Crippen LogP contribution in [0.5, 0.6) is 0 Å². The van der Waals surface area contributed by atoms with Crippen LogP contribution in [0.15, 0.2) is 82.5 Å². The number of amides is 2. The van der Waals surface area contributed by atoms with E-state index < -0.39 is 6.04 Å². The van der Waals surface area contributed by atoms with Crippen molar-refractivity contribution in [3.05, 3.63) is 111 Å². The van der Waals surface area contributed by atoms with Gasteiger partial charge in [0.2, 0.25) is 5.91 Å². The van der Waals surface area contributed by atoms with Gasteiger partial charge in [0, 0.05) is 66.7 Å². The number of carbonyl (C=O) groups is 2. The van der Waals surface area contributed by atoms with Gasteiger partial charge in [0.25, 0.3) is 0 Å². The average molecular weight is 759 g/mol. The zero-order chi connectivity index (χ0) is 34.5. The van der Waals surface area contributed by atoms with E-state index in [-0.39, 0.29) is 30.1 Å². The Morgan fingerprint density at radius 1 is 1.00 bits per heavy atom. The number of allylic oxidation sites excluding steroid dienone is 1. The summed E-state index contributed by atoms with van der Waals surface area (Å²) in [6.45, 7) is 2.39. The molecule has 0 N–H and O–H groups in total. The number of halogens is 2. The number of rotatable bonds is 9. The largest absolute Gasteiger partial charge is 0.446 e. The predicted molar refractivity (Wildman–Crippen MR) is 200 cm³/mol. The predicted octanol–water partition coefficient (Wildman–Crippen LogP) is 8.16. The summed E-state index contributed by atoms with van der Waals surface area (Å²) in [5.74, 6) is 0.232. The van der Waals surface area contributed by atoms with Gasteiger partial charge in [-0.15, -0.1) is 0 Å². The number of piperazine rings is 1. The number of ether oxygens (including phenoxy) is 1. The molecule has 2 aromatic carbocycles. The molecule has 1 aromatic heterocycles. The molecule has 4 aliphatic rings. The highest BCUT2D eigenvalue weighted by atomic mass is 79.9. The molecule has 2 aliphatic carbocycles. The van der Waals surface area contributed by atoms with Crippen molar-refractivity contribution in [3.8, 4) is 0 Å². The molecule has 8 nitrogen and oxygen atoms in total. The molecular weight excluding hydrogens is 714 g/mol. The van der Waals surface area contributed by atoms with Crippen LogP contribution in [0.4, 0.5) is 4.79 Å². The second kappa shape index (κ2) is 16.2. The van der Waals surface area contributed by atoms with Crippen molar-refractivity contribution in [1.29, 1.82) is 0 Å². The van der Waals surface area contributed by atoms with Gasteiger partial charge < -0.3 is 9.64 Å². The van der Waals surface area contributed by atoms with E-state index >= 15 is 0 Å². The van der Waals surface area contributed by atoms with Gasteiger partial charge in [0.1, 0.15) is 12.1 Å². The summed E-state index contributed by atoms with van der Waals surface area (Å²) in [6.07, 6.45) is 15.8. The van der Waals surface area contributed by atoms with Crippen LogP contribution in [0.3, 0.4) is 0 Å². The molecule has 1 saturated carbocycles. The number of aromatic nitrogens is 1. The minimum Gasteiger partial charge on any atom is -0.446 e. The fraction of sp³-hybridized carbons (Fsp3) is 0.450. The first-order chi connectivity index (χ1) is 24.4. The van der Waals surface area contributed by atoms with Gasteiger partial charge in [0.15, 0.2) is 0 Å². The number of hydrogen-bond donors (Lipinski definition) is 0. The molecule has 0 bridgehead atoms. The van der Waals surface area contributed by atoms with E-state index in [2.05, 4.69) is 62.2 Å². The average Bonchev–Trinajstić information content (AvgIpc) is 3.60. The molecule has 0 spiro atoms. The number of hydrogen-bond acceptors (Lipinski definition) is 6. The molecular formula is C40H45BrClN5O3. The Balaban J connectivity index is 1.21. The highest BCUT2D eigenvalue weighted by molar-refractivity contribution is 9.10. The Morgan fingerprint density at radius 3 is 2.62 bits per heavy atom. The summed E-state index contributed by atoms with van der Waals surface area (Å²) >= 11 is 10.2. The zero-order valence-electron chi connectivity index (χ0n) is 28.4. The topological polar surface area (TPSA) is 78.3 Å². The van der Waals surface area contributed by atoms with Crippen LogP contribution in [-0.4, -0.2) is 76.2 Å². The standard InChI is InChI=1S/C40H45BrClN5O3/c41-32-22-31-14-13-30-23-33(42)15-16-35(30)38(37(31)44-25-32)45-20-21-47(40(49)50-34-11-5-2-6-12-34)36(27-45)39(48)46(26-29-8-3-1-4-9-29)19-7-10-28-17-18-43-24-28/h1,3-4,8-9,15-18,22-25,28,34,36,38H,2,5-7,10-14,19-21,26-27H2/t28?,36-,38?/m1/s1. The van der Waals surface area contributed by atoms with Gasteiger partial charge in [-0.1, -0.05) is 60.5 Å². The van der Waals surface area contributed by atoms with E-state index in [1.807, 2.05) is 47.8 Å². The van der Waals surface area contributed by atoms with E-state index in [4.69, 9.17) is 21.3 Å². The van der Waals surface area contributed by atoms with Crippen LogP contribution < -0.4 is 0 Å². The van der Waals surface area contributed by atoms with Gasteiger partial charge in [-0.2, -0.15) is 0 Å². The normalized spacial score (nSPS) is 22.1. The Kier molecular flexibility index (Phi) is 11.3. The smallest absolute Gasteiger partial charge is 0.410 e. The molecule has 2 amide bonds. The highest BCUT2D eigenvalue weighted by Gasteiger charge is 2.43. The maximum atomic E-state index is 15.0. The van der Waals surface area contributed by atoms with Crippen molar-refractivity contribution in [2.45, 2.75) is 82.5 Å². The third-order valence-corrected chi connectivity index (χ3v) is 11.3. The number of aryl methyl sites for hydroxylation is 2. The van der Waals surface area contributed by atoms with Crippen molar-refractivity contribution in [2.75, 3.05) is 26.2 Å². The lowest BCUT2D eigenvalue weighted by Gasteiger charge is -2.45. The Bertz CT molecular complexity index is 1660. The van der Waals surface area contributed by atoms with E-state index in [9.17, 15) is 9.59 Å². The molecule has 2 aliphatic heterocycles. The summed E-state index contributed by atoms with van der Waals surface area (Å²) in [5.41, 5.74) is 5.57. The first-order valence-electron chi connectivity index (χ1n) is 18.1. The fourth-order valence-corrected chi connectivity index (χ4v) is 8.56. The second-order valence-corrected chi connectivity index (χ2v) is 15.3. The Hall–Kier alpha value is -3.53. The van der Waals surface area contributed by atoms with Crippen LogP contribution in [0, 0.1) is 5.92 Å². The molecule has 3 aromatic rings. The fourth-order valence-electron chi connectivity index (χ4n) is 7.98. The van der Waals surface area contributed by atoms with Gasteiger partial charge in [-0.25, -0.2) is 4.79 Å². The van der Waals surface area contributed by atoms with Crippen molar-refractivity contribution >= 4 is 45.7 Å². The molecule has 3 atom stereocenters. The third kappa shape index (κ3) is 8.16. The first-order valence-corrected chi connectivity index (χ1v) is 19.3. The van der Waals surface area contributed by atoms with Crippen LogP contribution in [0.25, 0.3) is 0 Å². The second-order valence-electron chi connectivity index (χ2n) is 14.0. The van der Waals surface area contributed by atoms with Crippen molar-refractivity contribution in [2.24, 2.45) is 10.9 Å². The van der Waals surface area contributed by atoms with Crippen LogP contribution in [0.2, 0.25) is 5.02 Å². The number of carbonyl (C=O) groups excluding carboxylic acids is 2. The number of fused-ring (bicyclic) bond motifs is 2. The van der Waals surface area contributed by atoms with E-state index in [0.717, 1.165) is 72.7 Å². The lowest BCUT2D eigenvalue weighted by atomic mass is 9.95. The van der Waals surface area contributed by atoms with Crippen molar-refractivity contribution < 1.29 is 14.3 Å². The van der Waals surface area contributed by atoms with E-state index in [0.29, 0.717) is 37.7 Å². The maximum Gasteiger partial charge on any atom is 0.410 e. The number of nitrogens with zero attached hydrogens (tertiary/aromatic N) is 5. The highest BCUT2D eigenvalue weighted by Crippen LogP contribution is 2.39. The summed E-state index contributed by atoms with van der Waals surface area (Å²) in [4.78, 5) is 44.3. The van der Waals surface area contributed by atoms with Gasteiger partial charge in [-0.3, -0.25) is 24.6 Å². The lowest BCUT2D eigenvalue weighted by molar-refractivity contribution is -0.140. The minimum atomic E-state index is -0.714. The minimum absolute atomic E-state index is 0.0521. The summed E-state index contributed by atoms with van der Waals surface area (Å²) in [5, 5.41) is 0.710. The van der Waals surface area contributed by atoms with Gasteiger partial charge >= 0.3 is 6.09 Å². The van der Waals surface area contributed by atoms with Crippen LogP contribution in [0.1, 0.15) is 78.9 Å². The summed E-state index contributed by atoms with van der Waals surface area (Å²) in [6, 6.07) is 17.5. The Morgan fingerprint density at radius 2 is 1.82 bits per heavy atom. The summed E-state index contributed by atoms with van der Waals surface area (Å²) < 4.78 is 7.08. The van der Waals surface area contributed by atoms with Crippen LogP contribution >= 0.6 is 27.5 Å². The zero-order valence-corrected chi connectivity index (χ0v) is 30.8. The Labute approximate surface area is 308 Å². The SMILES string of the molecule is O=C([C@H]1CN(C2c3ccc(Cl)cc3CCc3cc(Br)cnc32)CCN1C(=O)OC1CCCCC1)N(CCCC1C=CN=C1)Cc1ccccc1. The molecule has 10 heteroatoms. The first kappa shape index (κ1) is 34.9. The molecule has 7 rings (SSSR count). The van der Waals surface area contributed by atoms with E-state index in [1.54, 1.807) is 4.90 Å². The molecule has 2 fully saturated rings. The third-order valence-electron chi connectivity index (χ3n) is 10.6. The van der Waals surface area contributed by atoms with Gasteiger partial charge in [-0.05, 0) is 108 Å². The molecule has 3 heterocycles.